The number of nitrogens with two attached hydrogens (primary N) is 1. The molecule has 0 aliphatic heterocycles. The molecule has 1 heterocycles. The zero-order valence-corrected chi connectivity index (χ0v) is 10.5. The third-order valence-electron chi connectivity index (χ3n) is 3.42. The van der Waals surface area contributed by atoms with E-state index in [-0.39, 0.29) is 12.4 Å². The van der Waals surface area contributed by atoms with Gasteiger partial charge in [0.1, 0.15) is 11.7 Å². The lowest BCUT2D eigenvalue weighted by Crippen LogP contribution is -2.42. The standard InChI is InChI=1S/C13H20N4O/c14-12(15)11-6-2-7-16-13(11)17(8-3-9-18)10-4-1-5-10/h2,6-7,10,18H,1,3-5,8-9H2,(H3,14,15). The van der Waals surface area contributed by atoms with Gasteiger partial charge in [-0.3, -0.25) is 5.41 Å². The topological polar surface area (TPSA) is 86.2 Å². The largest absolute Gasteiger partial charge is 0.396 e. The maximum atomic E-state index is 9.00. The highest BCUT2D eigenvalue weighted by atomic mass is 16.3. The van der Waals surface area contributed by atoms with E-state index in [0.717, 1.165) is 25.2 Å². The molecule has 0 atom stereocenters. The fourth-order valence-corrected chi connectivity index (χ4v) is 2.24. The minimum Gasteiger partial charge on any atom is -0.396 e. The molecule has 1 fully saturated rings. The molecule has 0 radical (unpaired) electrons. The highest BCUT2D eigenvalue weighted by molar-refractivity contribution is 5.99. The van der Waals surface area contributed by atoms with Crippen LogP contribution in [0.1, 0.15) is 31.2 Å². The first-order valence-electron chi connectivity index (χ1n) is 6.41. The molecule has 0 spiro atoms. The number of rotatable bonds is 6. The van der Waals surface area contributed by atoms with E-state index in [2.05, 4.69) is 9.88 Å². The highest BCUT2D eigenvalue weighted by Gasteiger charge is 2.27. The van der Waals surface area contributed by atoms with Gasteiger partial charge in [-0.15, -0.1) is 0 Å². The van der Waals surface area contributed by atoms with E-state index in [9.17, 15) is 0 Å². The summed E-state index contributed by atoms with van der Waals surface area (Å²) in [6, 6.07) is 4.10. The van der Waals surface area contributed by atoms with E-state index in [1.807, 2.05) is 6.07 Å². The Bertz CT molecular complexity index is 417. The van der Waals surface area contributed by atoms with Gasteiger partial charge in [0, 0.05) is 25.4 Å². The monoisotopic (exact) mass is 248 g/mol. The van der Waals surface area contributed by atoms with Crippen molar-refractivity contribution in [1.29, 1.82) is 5.41 Å². The number of aliphatic hydroxyl groups is 1. The molecular weight excluding hydrogens is 228 g/mol. The Labute approximate surface area is 107 Å². The number of nitrogens with one attached hydrogen (secondary N) is 1. The molecule has 5 heteroatoms. The first kappa shape index (κ1) is 12.8. The lowest BCUT2D eigenvalue weighted by molar-refractivity contribution is 0.282. The molecule has 0 bridgehead atoms. The van der Waals surface area contributed by atoms with Crippen LogP contribution in [-0.2, 0) is 0 Å². The van der Waals surface area contributed by atoms with Crippen LogP contribution in [0, 0.1) is 5.41 Å². The van der Waals surface area contributed by atoms with Crippen LogP contribution in [0.4, 0.5) is 5.82 Å². The van der Waals surface area contributed by atoms with E-state index >= 15 is 0 Å². The molecule has 1 aromatic rings. The number of amidine groups is 1. The van der Waals surface area contributed by atoms with Crippen molar-refractivity contribution in [1.82, 2.24) is 4.98 Å². The third kappa shape index (κ3) is 2.61. The summed E-state index contributed by atoms with van der Waals surface area (Å²) in [6.45, 7) is 0.934. The van der Waals surface area contributed by atoms with E-state index in [0.29, 0.717) is 18.0 Å². The number of nitrogens with zero attached hydrogens (tertiary/aromatic N) is 2. The van der Waals surface area contributed by atoms with Gasteiger partial charge >= 0.3 is 0 Å². The van der Waals surface area contributed by atoms with Crippen molar-refractivity contribution in [2.45, 2.75) is 31.7 Å². The van der Waals surface area contributed by atoms with Crippen LogP contribution in [0.3, 0.4) is 0 Å². The molecular formula is C13H20N4O. The number of nitrogen functional groups attached to an aromatic ring is 1. The first-order chi connectivity index (χ1) is 8.74. The van der Waals surface area contributed by atoms with Gasteiger partial charge in [-0.2, -0.15) is 0 Å². The molecule has 5 nitrogen and oxygen atoms in total. The number of hydrogen-bond acceptors (Lipinski definition) is 4. The van der Waals surface area contributed by atoms with Crippen LogP contribution in [0.5, 0.6) is 0 Å². The molecule has 98 valence electrons. The van der Waals surface area contributed by atoms with Gasteiger partial charge in [0.05, 0.1) is 5.56 Å². The van der Waals surface area contributed by atoms with Gasteiger partial charge < -0.3 is 15.7 Å². The Hall–Kier alpha value is -1.62. The van der Waals surface area contributed by atoms with E-state index in [4.69, 9.17) is 16.2 Å². The Balaban J connectivity index is 2.25. The van der Waals surface area contributed by atoms with Gasteiger partial charge in [0.15, 0.2) is 0 Å². The van der Waals surface area contributed by atoms with Gasteiger partial charge in [-0.25, -0.2) is 4.98 Å². The lowest BCUT2D eigenvalue weighted by atomic mass is 9.91. The van der Waals surface area contributed by atoms with Crippen molar-refractivity contribution in [3.05, 3.63) is 23.9 Å². The number of hydrogen-bond donors (Lipinski definition) is 3. The average molecular weight is 248 g/mol. The normalized spacial score (nSPS) is 15.2. The predicted octanol–water partition coefficient (Wildman–Crippen LogP) is 1.11. The van der Waals surface area contributed by atoms with Crippen LogP contribution in [-0.4, -0.2) is 35.1 Å². The highest BCUT2D eigenvalue weighted by Crippen LogP contribution is 2.30. The summed E-state index contributed by atoms with van der Waals surface area (Å²) in [6.07, 6.45) is 5.98. The van der Waals surface area contributed by atoms with Crippen LogP contribution >= 0.6 is 0 Å². The minimum atomic E-state index is 0.0476. The zero-order valence-electron chi connectivity index (χ0n) is 10.5. The predicted molar refractivity (Wildman–Crippen MR) is 71.9 cm³/mol. The summed E-state index contributed by atoms with van der Waals surface area (Å²) >= 11 is 0. The number of pyridine rings is 1. The van der Waals surface area contributed by atoms with Crippen LogP contribution in [0.25, 0.3) is 0 Å². The summed E-state index contributed by atoms with van der Waals surface area (Å²) in [4.78, 5) is 6.57. The summed E-state index contributed by atoms with van der Waals surface area (Å²) in [5.41, 5.74) is 6.29. The second-order valence-corrected chi connectivity index (χ2v) is 4.64. The van der Waals surface area contributed by atoms with E-state index in [1.54, 1.807) is 12.3 Å². The average Bonchev–Trinajstić information content (AvgIpc) is 2.32. The second-order valence-electron chi connectivity index (χ2n) is 4.64. The fraction of sp³-hybridized carbons (Fsp3) is 0.538. The lowest BCUT2D eigenvalue weighted by Gasteiger charge is -2.39. The molecule has 1 saturated carbocycles. The van der Waals surface area contributed by atoms with Crippen molar-refractivity contribution in [2.75, 3.05) is 18.1 Å². The third-order valence-corrected chi connectivity index (χ3v) is 3.42. The summed E-state index contributed by atoms with van der Waals surface area (Å²) in [5.74, 6) is 0.828. The van der Waals surface area contributed by atoms with Crippen molar-refractivity contribution in [3.8, 4) is 0 Å². The molecule has 0 unspecified atom stereocenters. The van der Waals surface area contributed by atoms with Crippen molar-refractivity contribution in [2.24, 2.45) is 5.73 Å². The van der Waals surface area contributed by atoms with Gasteiger partial charge in [0.2, 0.25) is 0 Å². The second kappa shape index (κ2) is 5.82. The maximum Gasteiger partial charge on any atom is 0.139 e. The Morgan fingerprint density at radius 3 is 2.89 bits per heavy atom. The SMILES string of the molecule is N=C(N)c1cccnc1N(CCCO)C1CCC1. The zero-order chi connectivity index (χ0) is 13.0. The molecule has 1 aliphatic carbocycles. The van der Waals surface area contributed by atoms with Crippen molar-refractivity contribution in [3.63, 3.8) is 0 Å². The minimum absolute atomic E-state index is 0.0476. The molecule has 1 aliphatic rings. The molecule has 0 amide bonds. The smallest absolute Gasteiger partial charge is 0.139 e. The molecule has 0 aromatic carbocycles. The van der Waals surface area contributed by atoms with Gasteiger partial charge in [-0.05, 0) is 37.8 Å². The Morgan fingerprint density at radius 2 is 2.33 bits per heavy atom. The van der Waals surface area contributed by atoms with E-state index in [1.165, 1.54) is 6.42 Å². The number of aromatic nitrogens is 1. The number of aliphatic hydroxyl groups excluding tert-OH is 1. The summed E-state index contributed by atoms with van der Waals surface area (Å²) in [5, 5.41) is 16.6. The molecule has 0 saturated heterocycles. The quantitative estimate of drug-likeness (QED) is 0.520. The summed E-state index contributed by atoms with van der Waals surface area (Å²) in [7, 11) is 0. The molecule has 18 heavy (non-hydrogen) atoms. The van der Waals surface area contributed by atoms with Crippen molar-refractivity contribution < 1.29 is 5.11 Å². The first-order valence-corrected chi connectivity index (χ1v) is 6.41. The number of anilines is 1. The Morgan fingerprint density at radius 1 is 1.56 bits per heavy atom. The van der Waals surface area contributed by atoms with Crippen LogP contribution in [0.2, 0.25) is 0 Å². The maximum absolute atomic E-state index is 9.00. The van der Waals surface area contributed by atoms with Gasteiger partial charge in [-0.1, -0.05) is 0 Å². The van der Waals surface area contributed by atoms with Crippen molar-refractivity contribution >= 4 is 11.7 Å². The van der Waals surface area contributed by atoms with Gasteiger partial charge in [0.25, 0.3) is 0 Å². The summed E-state index contributed by atoms with van der Waals surface area (Å²) < 4.78 is 0. The molecule has 1 aromatic heterocycles. The van der Waals surface area contributed by atoms with Crippen LogP contribution < -0.4 is 10.6 Å². The van der Waals surface area contributed by atoms with E-state index < -0.39 is 0 Å². The fourth-order valence-electron chi connectivity index (χ4n) is 2.24. The molecule has 2 rings (SSSR count). The Kier molecular flexibility index (Phi) is 4.15. The molecule has 4 N–H and O–H groups in total. The van der Waals surface area contributed by atoms with Crippen LogP contribution in [0.15, 0.2) is 18.3 Å².